The van der Waals surface area contributed by atoms with E-state index >= 15 is 0 Å². The number of piperidine rings is 1. The number of hydrogen-bond acceptors (Lipinski definition) is 2. The number of para-hydroxylation sites is 1. The van der Waals surface area contributed by atoms with E-state index in [9.17, 15) is 9.90 Å². The summed E-state index contributed by atoms with van der Waals surface area (Å²) in [6, 6.07) is 7.41. The number of amides is 1. The average Bonchev–Trinajstić information content (AvgIpc) is 2.61. The summed E-state index contributed by atoms with van der Waals surface area (Å²) in [4.78, 5) is 13.8. The fourth-order valence-electron chi connectivity index (χ4n) is 2.95. The van der Waals surface area contributed by atoms with Gasteiger partial charge in [0.2, 0.25) is 5.91 Å². The average molecular weight is 229 g/mol. The molecule has 3 nitrogen and oxygen atoms in total. The number of rotatable bonds is 0. The van der Waals surface area contributed by atoms with Crippen LogP contribution in [0.4, 0.5) is 5.69 Å². The van der Waals surface area contributed by atoms with E-state index in [2.05, 4.69) is 6.58 Å². The van der Waals surface area contributed by atoms with Crippen LogP contribution in [-0.2, 0) is 4.79 Å². The second kappa shape index (κ2) is 3.20. The Kier molecular flexibility index (Phi) is 1.98. The topological polar surface area (TPSA) is 40.5 Å². The van der Waals surface area contributed by atoms with Crippen molar-refractivity contribution < 1.29 is 9.90 Å². The first-order valence-electron chi connectivity index (χ1n) is 5.85. The zero-order chi connectivity index (χ0) is 12.2. The second-order valence-corrected chi connectivity index (χ2v) is 5.07. The van der Waals surface area contributed by atoms with E-state index < -0.39 is 5.60 Å². The Labute approximate surface area is 100 Å². The summed E-state index contributed by atoms with van der Waals surface area (Å²) >= 11 is 0. The minimum absolute atomic E-state index is 0.0765. The first-order valence-corrected chi connectivity index (χ1v) is 5.85. The smallest absolute Gasteiger partial charge is 0.227 e. The molecule has 1 fully saturated rings. The number of hydrogen-bond donors (Lipinski definition) is 1. The molecular weight excluding hydrogens is 214 g/mol. The summed E-state index contributed by atoms with van der Waals surface area (Å²) < 4.78 is 0. The highest BCUT2D eigenvalue weighted by molar-refractivity contribution is 6.05. The third-order valence-corrected chi connectivity index (χ3v) is 3.80. The molecule has 2 atom stereocenters. The monoisotopic (exact) mass is 229 g/mol. The van der Waals surface area contributed by atoms with Gasteiger partial charge in [-0.1, -0.05) is 24.8 Å². The number of benzene rings is 1. The van der Waals surface area contributed by atoms with Gasteiger partial charge in [-0.25, -0.2) is 0 Å². The van der Waals surface area contributed by atoms with E-state index in [0.717, 1.165) is 16.8 Å². The molecule has 1 aromatic carbocycles. The van der Waals surface area contributed by atoms with E-state index in [-0.39, 0.29) is 11.9 Å². The Morgan fingerprint density at radius 2 is 2.18 bits per heavy atom. The van der Waals surface area contributed by atoms with Gasteiger partial charge in [-0.15, -0.1) is 0 Å². The van der Waals surface area contributed by atoms with Gasteiger partial charge >= 0.3 is 0 Å². The zero-order valence-corrected chi connectivity index (χ0v) is 9.81. The largest absolute Gasteiger partial charge is 0.388 e. The molecule has 3 heteroatoms. The van der Waals surface area contributed by atoms with Crippen LogP contribution < -0.4 is 4.90 Å². The SMILES string of the molecule is C=C1c2ccccc2N2C(=O)CC[C@](C)(O)[C@@H]12. The Morgan fingerprint density at radius 3 is 2.94 bits per heavy atom. The van der Waals surface area contributed by atoms with Crippen molar-refractivity contribution >= 4 is 17.2 Å². The first-order chi connectivity index (χ1) is 8.02. The molecule has 0 aliphatic carbocycles. The number of fused-ring (bicyclic) bond motifs is 3. The van der Waals surface area contributed by atoms with Crippen molar-refractivity contribution in [3.8, 4) is 0 Å². The van der Waals surface area contributed by atoms with Gasteiger partial charge in [0.25, 0.3) is 0 Å². The Bertz CT molecular complexity index is 519. The number of carbonyl (C=O) groups excluding carboxylic acids is 1. The molecule has 1 N–H and O–H groups in total. The molecule has 3 rings (SSSR count). The van der Waals surface area contributed by atoms with E-state index in [1.54, 1.807) is 11.8 Å². The van der Waals surface area contributed by atoms with Crippen LogP contribution in [0.1, 0.15) is 25.3 Å². The predicted octanol–water partition coefficient (Wildman–Crippen LogP) is 1.96. The number of anilines is 1. The van der Waals surface area contributed by atoms with Crippen LogP contribution in [0.2, 0.25) is 0 Å². The lowest BCUT2D eigenvalue weighted by Gasteiger charge is -2.41. The molecule has 2 aliphatic heterocycles. The summed E-state index contributed by atoms with van der Waals surface area (Å²) in [5, 5.41) is 10.5. The Hall–Kier alpha value is -1.61. The van der Waals surface area contributed by atoms with Gasteiger partial charge in [0, 0.05) is 12.0 Å². The van der Waals surface area contributed by atoms with E-state index in [4.69, 9.17) is 0 Å². The van der Waals surface area contributed by atoms with Crippen LogP contribution in [0.25, 0.3) is 5.57 Å². The van der Waals surface area contributed by atoms with Gasteiger partial charge in [-0.3, -0.25) is 4.79 Å². The summed E-state index contributed by atoms with van der Waals surface area (Å²) in [6.45, 7) is 5.84. The van der Waals surface area contributed by atoms with Crippen LogP contribution in [0, 0.1) is 0 Å². The molecule has 0 aromatic heterocycles. The summed E-state index contributed by atoms with van der Waals surface area (Å²) in [5.74, 6) is 0.0765. The lowest BCUT2D eigenvalue weighted by molar-refractivity contribution is -0.124. The van der Waals surface area contributed by atoms with Gasteiger partial charge in [-0.05, 0) is 25.0 Å². The van der Waals surface area contributed by atoms with Crippen LogP contribution in [0.3, 0.4) is 0 Å². The zero-order valence-electron chi connectivity index (χ0n) is 9.81. The molecular formula is C14H15NO2. The number of nitrogens with zero attached hydrogens (tertiary/aromatic N) is 1. The summed E-state index contributed by atoms with van der Waals surface area (Å²) in [6.07, 6.45) is 0.894. The predicted molar refractivity (Wildman–Crippen MR) is 66.6 cm³/mol. The van der Waals surface area contributed by atoms with Gasteiger partial charge in [0.15, 0.2) is 0 Å². The maximum Gasteiger partial charge on any atom is 0.227 e. The van der Waals surface area contributed by atoms with Crippen molar-refractivity contribution in [1.29, 1.82) is 0 Å². The maximum atomic E-state index is 12.0. The van der Waals surface area contributed by atoms with Gasteiger partial charge in [0.1, 0.15) is 0 Å². The quantitative estimate of drug-likeness (QED) is 0.738. The highest BCUT2D eigenvalue weighted by Gasteiger charge is 2.49. The molecule has 1 saturated heterocycles. The van der Waals surface area contributed by atoms with Crippen molar-refractivity contribution in [3.63, 3.8) is 0 Å². The molecule has 0 unspecified atom stereocenters. The normalized spacial score (nSPS) is 31.4. The molecule has 2 heterocycles. The molecule has 88 valence electrons. The second-order valence-electron chi connectivity index (χ2n) is 5.07. The van der Waals surface area contributed by atoms with Gasteiger partial charge in [-0.2, -0.15) is 0 Å². The number of aliphatic hydroxyl groups is 1. The molecule has 0 saturated carbocycles. The maximum absolute atomic E-state index is 12.0. The van der Waals surface area contributed by atoms with Crippen LogP contribution in [0.5, 0.6) is 0 Å². The molecule has 1 aromatic rings. The van der Waals surface area contributed by atoms with E-state index in [1.165, 1.54) is 0 Å². The fourth-order valence-corrected chi connectivity index (χ4v) is 2.95. The Morgan fingerprint density at radius 1 is 1.47 bits per heavy atom. The molecule has 1 amide bonds. The molecule has 17 heavy (non-hydrogen) atoms. The van der Waals surface area contributed by atoms with Crippen molar-refractivity contribution in [2.45, 2.75) is 31.4 Å². The highest BCUT2D eigenvalue weighted by atomic mass is 16.3. The van der Waals surface area contributed by atoms with Crippen molar-refractivity contribution in [2.24, 2.45) is 0 Å². The molecule has 2 aliphatic rings. The standard InChI is InChI=1S/C14H15NO2/c1-9-10-5-3-4-6-11(10)15-12(16)7-8-14(2,17)13(9)15/h3-6,13,17H,1,7-8H2,2H3/t13-,14+/m1/s1. The summed E-state index contributed by atoms with van der Waals surface area (Å²) in [7, 11) is 0. The van der Waals surface area contributed by atoms with E-state index in [0.29, 0.717) is 12.8 Å². The highest BCUT2D eigenvalue weighted by Crippen LogP contribution is 2.47. The van der Waals surface area contributed by atoms with Gasteiger partial charge in [0.05, 0.1) is 17.3 Å². The Balaban J connectivity index is 2.19. The van der Waals surface area contributed by atoms with Crippen LogP contribution in [-0.4, -0.2) is 22.7 Å². The molecule has 0 radical (unpaired) electrons. The van der Waals surface area contributed by atoms with Crippen molar-refractivity contribution in [1.82, 2.24) is 0 Å². The number of carbonyl (C=O) groups is 1. The third kappa shape index (κ3) is 1.29. The fraction of sp³-hybridized carbons (Fsp3) is 0.357. The van der Waals surface area contributed by atoms with Crippen molar-refractivity contribution in [3.05, 3.63) is 36.4 Å². The lowest BCUT2D eigenvalue weighted by Crippen LogP contribution is -2.55. The first kappa shape index (κ1) is 10.5. The molecule has 0 spiro atoms. The molecule has 0 bridgehead atoms. The third-order valence-electron chi connectivity index (χ3n) is 3.80. The summed E-state index contributed by atoms with van der Waals surface area (Å²) in [5.41, 5.74) is 1.82. The van der Waals surface area contributed by atoms with Crippen LogP contribution >= 0.6 is 0 Å². The van der Waals surface area contributed by atoms with Gasteiger partial charge < -0.3 is 10.0 Å². The minimum Gasteiger partial charge on any atom is -0.388 e. The minimum atomic E-state index is -0.885. The van der Waals surface area contributed by atoms with Crippen LogP contribution in [0.15, 0.2) is 30.8 Å². The van der Waals surface area contributed by atoms with E-state index in [1.807, 2.05) is 24.3 Å². The van der Waals surface area contributed by atoms with Crippen molar-refractivity contribution in [2.75, 3.05) is 4.90 Å². The lowest BCUT2D eigenvalue weighted by atomic mass is 9.83.